The molecular formula is C29H24F4N4O6. The van der Waals surface area contributed by atoms with Crippen LogP contribution in [0.5, 0.6) is 11.5 Å². The molecule has 0 spiro atoms. The number of nitrogens with one attached hydrogen (secondary N) is 1. The number of nitrogens with zero attached hydrogens (tertiary/aromatic N) is 2. The molecule has 2 aromatic heterocycles. The van der Waals surface area contributed by atoms with Gasteiger partial charge in [-0.2, -0.15) is 13.2 Å². The van der Waals surface area contributed by atoms with Gasteiger partial charge in [0.1, 0.15) is 47.0 Å². The van der Waals surface area contributed by atoms with Gasteiger partial charge < -0.3 is 30.0 Å². The van der Waals surface area contributed by atoms with Crippen molar-refractivity contribution in [3.05, 3.63) is 83.8 Å². The van der Waals surface area contributed by atoms with Gasteiger partial charge in [0.15, 0.2) is 6.39 Å². The molecule has 2 atom stereocenters. The summed E-state index contributed by atoms with van der Waals surface area (Å²) >= 11 is 0. The second kappa shape index (κ2) is 10.7. The van der Waals surface area contributed by atoms with Crippen LogP contribution < -0.4 is 20.5 Å². The van der Waals surface area contributed by atoms with E-state index in [9.17, 15) is 32.3 Å². The number of fused-ring (bicyclic) bond motifs is 1. The van der Waals surface area contributed by atoms with Gasteiger partial charge in [-0.15, -0.1) is 0 Å². The maximum atomic E-state index is 14.6. The van der Waals surface area contributed by atoms with Gasteiger partial charge in [0.05, 0.1) is 19.3 Å². The molecular weight excluding hydrogens is 576 g/mol. The Labute approximate surface area is 241 Å². The molecule has 0 aliphatic carbocycles. The third-order valence-corrected chi connectivity index (χ3v) is 7.30. The molecule has 5 rings (SSSR count). The molecule has 14 heteroatoms. The first-order chi connectivity index (χ1) is 20.3. The average molecular weight is 601 g/mol. The molecule has 1 unspecified atom stereocenters. The van der Waals surface area contributed by atoms with Crippen LogP contribution in [0.25, 0.3) is 22.5 Å². The van der Waals surface area contributed by atoms with Gasteiger partial charge >= 0.3 is 6.18 Å². The van der Waals surface area contributed by atoms with Crippen LogP contribution in [0, 0.1) is 5.82 Å². The number of pyridine rings is 1. The maximum Gasteiger partial charge on any atom is 0.424 e. The monoisotopic (exact) mass is 600 g/mol. The summed E-state index contributed by atoms with van der Waals surface area (Å²) in [6, 6.07) is 9.64. The minimum absolute atomic E-state index is 0.0375. The molecule has 10 nitrogen and oxygen atoms in total. The number of alkyl halides is 3. The normalized spacial score (nSPS) is 17.5. The number of hydrogen-bond donors (Lipinski definition) is 3. The number of ether oxygens (including phenoxy) is 2. The van der Waals surface area contributed by atoms with E-state index >= 15 is 0 Å². The van der Waals surface area contributed by atoms with Crippen LogP contribution in [-0.2, 0) is 15.8 Å². The number of primary amides is 1. The summed E-state index contributed by atoms with van der Waals surface area (Å²) in [5, 5.41) is 13.3. The first-order valence-electron chi connectivity index (χ1n) is 12.7. The summed E-state index contributed by atoms with van der Waals surface area (Å²) in [5.41, 5.74) is 0.0594. The van der Waals surface area contributed by atoms with Crippen LogP contribution in [0.15, 0.2) is 65.6 Å². The van der Waals surface area contributed by atoms with Crippen LogP contribution in [0.2, 0.25) is 0 Å². The number of methoxy groups -OCH3 is 1. The number of carbonyl (C=O) groups is 2. The maximum absolute atomic E-state index is 14.6. The third-order valence-electron chi connectivity index (χ3n) is 7.30. The van der Waals surface area contributed by atoms with Gasteiger partial charge in [-0.25, -0.2) is 14.4 Å². The number of halogens is 4. The van der Waals surface area contributed by atoms with Gasteiger partial charge in [0, 0.05) is 22.3 Å². The number of amides is 2. The standard InChI is InChI=1S/C29H24F4N4O6/c1-27(26(34)39)13-43-24-19(27)10-22(37-23(24)15-3-6-17(30)7-4-15)28(40,29(31,32)33)12-35-25(38)16-5-8-18(21(9-16)41-2)20-11-42-14-36-20/h3-11,14,40H,12-13H2,1-2H3,(H2,34,39)(H,35,38)/t27-,28?/m0/s1. The minimum Gasteiger partial charge on any atom is -0.496 e. The lowest BCUT2D eigenvalue weighted by Gasteiger charge is -2.31. The van der Waals surface area contributed by atoms with E-state index in [2.05, 4.69) is 15.3 Å². The fraction of sp³-hybridized carbons (Fsp3) is 0.241. The average Bonchev–Trinajstić information content (AvgIpc) is 3.64. The van der Waals surface area contributed by atoms with Gasteiger partial charge in [-0.3, -0.25) is 9.59 Å². The lowest BCUT2D eigenvalue weighted by molar-refractivity contribution is -0.265. The molecule has 1 aliphatic rings. The number of oxazole rings is 1. The zero-order valence-corrected chi connectivity index (χ0v) is 22.7. The Kier molecular flexibility index (Phi) is 7.34. The van der Waals surface area contributed by atoms with Gasteiger partial charge in [0.25, 0.3) is 5.91 Å². The van der Waals surface area contributed by atoms with Crippen LogP contribution in [0.1, 0.15) is 28.5 Å². The Morgan fingerprint density at radius 2 is 1.88 bits per heavy atom. The third kappa shape index (κ3) is 5.14. The van der Waals surface area contributed by atoms with Gasteiger partial charge in [-0.1, -0.05) is 0 Å². The topological polar surface area (TPSA) is 150 Å². The van der Waals surface area contributed by atoms with Crippen molar-refractivity contribution in [2.45, 2.75) is 24.1 Å². The van der Waals surface area contributed by atoms with Crippen LogP contribution >= 0.6 is 0 Å². The van der Waals surface area contributed by atoms with Crippen molar-refractivity contribution >= 4 is 11.8 Å². The number of rotatable bonds is 8. The van der Waals surface area contributed by atoms with Crippen LogP contribution in [-0.4, -0.2) is 53.3 Å². The summed E-state index contributed by atoms with van der Waals surface area (Å²) < 4.78 is 73.4. The number of benzene rings is 2. The van der Waals surface area contributed by atoms with Crippen molar-refractivity contribution in [2.24, 2.45) is 5.73 Å². The molecule has 4 N–H and O–H groups in total. The fourth-order valence-electron chi connectivity index (χ4n) is 4.64. The molecule has 2 amide bonds. The molecule has 0 radical (unpaired) electrons. The van der Waals surface area contributed by atoms with Crippen molar-refractivity contribution in [3.8, 4) is 34.0 Å². The van der Waals surface area contributed by atoms with Crippen molar-refractivity contribution in [3.63, 3.8) is 0 Å². The quantitative estimate of drug-likeness (QED) is 0.258. The molecule has 224 valence electrons. The molecule has 4 aromatic rings. The highest BCUT2D eigenvalue weighted by molar-refractivity contribution is 5.95. The molecule has 1 aliphatic heterocycles. The van der Waals surface area contributed by atoms with Crippen molar-refractivity contribution in [2.75, 3.05) is 20.3 Å². The highest BCUT2D eigenvalue weighted by Gasteiger charge is 2.57. The summed E-state index contributed by atoms with van der Waals surface area (Å²) in [7, 11) is 1.34. The predicted octanol–water partition coefficient (Wildman–Crippen LogP) is 3.87. The first-order valence-corrected chi connectivity index (χ1v) is 12.7. The number of carbonyl (C=O) groups excluding carboxylic acids is 2. The number of nitrogens with two attached hydrogens (primary N) is 1. The fourth-order valence-corrected chi connectivity index (χ4v) is 4.64. The Bertz CT molecular complexity index is 1690. The largest absolute Gasteiger partial charge is 0.496 e. The van der Waals surface area contributed by atoms with E-state index in [0.29, 0.717) is 11.3 Å². The Balaban J connectivity index is 1.55. The zero-order valence-electron chi connectivity index (χ0n) is 22.7. The van der Waals surface area contributed by atoms with E-state index in [1.54, 1.807) is 0 Å². The molecule has 3 heterocycles. The molecule has 2 aromatic carbocycles. The highest BCUT2D eigenvalue weighted by Crippen LogP contribution is 2.47. The Morgan fingerprint density at radius 1 is 1.16 bits per heavy atom. The molecule has 0 fully saturated rings. The second-order valence-corrected chi connectivity index (χ2v) is 10.1. The molecule has 43 heavy (non-hydrogen) atoms. The SMILES string of the molecule is COc1cc(C(=O)NCC(O)(c2cc3c(c(-c4ccc(F)cc4)n2)OC[C@]3(C)C(N)=O)C(F)(F)F)ccc1-c1cocn1. The smallest absolute Gasteiger partial charge is 0.424 e. The zero-order chi connectivity index (χ0) is 31.2. The summed E-state index contributed by atoms with van der Waals surface area (Å²) in [6.45, 7) is -0.278. The van der Waals surface area contributed by atoms with E-state index in [4.69, 9.17) is 19.6 Å². The molecule has 0 saturated heterocycles. The van der Waals surface area contributed by atoms with E-state index in [1.165, 1.54) is 57.0 Å². The predicted molar refractivity (Wildman–Crippen MR) is 142 cm³/mol. The van der Waals surface area contributed by atoms with Crippen LogP contribution in [0.3, 0.4) is 0 Å². The van der Waals surface area contributed by atoms with Crippen molar-refractivity contribution < 1.29 is 46.1 Å². The summed E-state index contributed by atoms with van der Waals surface area (Å²) in [6.07, 6.45) is -2.82. The Morgan fingerprint density at radius 3 is 2.49 bits per heavy atom. The van der Waals surface area contributed by atoms with E-state index in [-0.39, 0.29) is 40.5 Å². The van der Waals surface area contributed by atoms with E-state index in [1.807, 2.05) is 0 Å². The minimum atomic E-state index is -5.36. The number of hydrogen-bond acceptors (Lipinski definition) is 8. The summed E-state index contributed by atoms with van der Waals surface area (Å²) in [4.78, 5) is 33.4. The number of aromatic nitrogens is 2. The van der Waals surface area contributed by atoms with Crippen LogP contribution in [0.4, 0.5) is 17.6 Å². The van der Waals surface area contributed by atoms with Gasteiger partial charge in [0.2, 0.25) is 11.5 Å². The van der Waals surface area contributed by atoms with E-state index in [0.717, 1.165) is 18.2 Å². The van der Waals surface area contributed by atoms with Gasteiger partial charge in [-0.05, 0) is 55.5 Å². The first kappa shape index (κ1) is 29.5. The molecule has 0 bridgehead atoms. The highest BCUT2D eigenvalue weighted by atomic mass is 19.4. The van der Waals surface area contributed by atoms with Crippen molar-refractivity contribution in [1.29, 1.82) is 0 Å². The number of aliphatic hydroxyl groups is 1. The lowest BCUT2D eigenvalue weighted by Crippen LogP contribution is -2.51. The summed E-state index contributed by atoms with van der Waals surface area (Å²) in [5.74, 6) is -2.30. The lowest BCUT2D eigenvalue weighted by atomic mass is 9.81. The van der Waals surface area contributed by atoms with Crippen molar-refractivity contribution in [1.82, 2.24) is 15.3 Å². The molecule has 0 saturated carbocycles. The second-order valence-electron chi connectivity index (χ2n) is 10.1. The Hall–Kier alpha value is -4.98. The van der Waals surface area contributed by atoms with E-state index < -0.39 is 47.1 Å².